The molecule has 3 saturated heterocycles. The van der Waals surface area contributed by atoms with Crippen LogP contribution in [0.2, 0.25) is 5.02 Å². The fourth-order valence-corrected chi connectivity index (χ4v) is 6.85. The maximum absolute atomic E-state index is 13.5. The Bertz CT molecular complexity index is 1100. The van der Waals surface area contributed by atoms with E-state index in [0.717, 1.165) is 56.6 Å². The molecule has 0 bridgehead atoms. The van der Waals surface area contributed by atoms with Crippen molar-refractivity contribution in [3.8, 4) is 0 Å². The molecule has 1 aliphatic carbocycles. The summed E-state index contributed by atoms with van der Waals surface area (Å²) in [5, 5.41) is 2.07. The molecule has 3 heterocycles. The van der Waals surface area contributed by atoms with E-state index in [-0.39, 0.29) is 24.2 Å². The molecule has 0 radical (unpaired) electrons. The number of carbonyl (C=O) groups excluding carboxylic acids is 2. The zero-order chi connectivity index (χ0) is 27.5. The van der Waals surface area contributed by atoms with Crippen LogP contribution in [0.1, 0.15) is 58.4 Å². The number of nitrogens with zero attached hydrogens (tertiary/aromatic N) is 3. The molecule has 1 unspecified atom stereocenters. The number of amides is 3. The molecule has 7 nitrogen and oxygen atoms in total. The first-order valence-corrected chi connectivity index (χ1v) is 13.8. The Labute approximate surface area is 226 Å². The Balaban J connectivity index is 1.18. The maximum atomic E-state index is 13.5. The molecule has 3 amide bonds. The molecule has 3 aliphatic heterocycles. The van der Waals surface area contributed by atoms with Crippen LogP contribution >= 0.6 is 11.6 Å². The van der Waals surface area contributed by atoms with Gasteiger partial charge >= 0.3 is 12.2 Å². The Kier molecular flexibility index (Phi) is 7.14. The van der Waals surface area contributed by atoms with Crippen molar-refractivity contribution in [1.29, 1.82) is 0 Å². The minimum atomic E-state index is -4.59. The third kappa shape index (κ3) is 5.11. The van der Waals surface area contributed by atoms with E-state index in [2.05, 4.69) is 17.1 Å². The lowest BCUT2D eigenvalue weighted by molar-refractivity contribution is -0.167. The number of benzene rings is 1. The Morgan fingerprint density at radius 2 is 1.97 bits per heavy atom. The number of alkyl halides is 3. The fourth-order valence-electron chi connectivity index (χ4n) is 6.56. The average molecular weight is 557 g/mol. The first-order chi connectivity index (χ1) is 17.8. The van der Waals surface area contributed by atoms with Crippen LogP contribution < -0.4 is 5.32 Å². The second-order valence-corrected chi connectivity index (χ2v) is 12.1. The number of hydrogen-bond acceptors (Lipinski definition) is 4. The first kappa shape index (κ1) is 27.5. The number of ether oxygens (including phenoxy) is 1. The van der Waals surface area contributed by atoms with Crippen molar-refractivity contribution in [1.82, 2.24) is 14.7 Å². The second-order valence-electron chi connectivity index (χ2n) is 11.7. The van der Waals surface area contributed by atoms with Crippen LogP contribution in [-0.4, -0.2) is 77.2 Å². The van der Waals surface area contributed by atoms with Crippen LogP contribution in [0.25, 0.3) is 0 Å². The number of halogens is 4. The van der Waals surface area contributed by atoms with E-state index in [1.54, 1.807) is 11.8 Å². The van der Waals surface area contributed by atoms with Crippen molar-refractivity contribution in [2.24, 2.45) is 11.3 Å². The van der Waals surface area contributed by atoms with Gasteiger partial charge in [0, 0.05) is 12.2 Å². The van der Waals surface area contributed by atoms with Crippen molar-refractivity contribution in [2.45, 2.75) is 76.9 Å². The molecule has 1 saturated carbocycles. The topological polar surface area (TPSA) is 65.1 Å². The van der Waals surface area contributed by atoms with Gasteiger partial charge < -0.3 is 24.8 Å². The molecular formula is C27H36ClF3N4O3. The highest BCUT2D eigenvalue weighted by Gasteiger charge is 2.54. The molecule has 4 aliphatic rings. The minimum absolute atomic E-state index is 0.0501. The van der Waals surface area contributed by atoms with Gasteiger partial charge in [0.1, 0.15) is 6.04 Å². The van der Waals surface area contributed by atoms with Gasteiger partial charge in [0.05, 0.1) is 29.8 Å². The quantitative estimate of drug-likeness (QED) is 0.524. The summed E-state index contributed by atoms with van der Waals surface area (Å²) in [7, 11) is 0. The molecule has 1 aromatic carbocycles. The molecule has 1 aromatic rings. The monoisotopic (exact) mass is 556 g/mol. The van der Waals surface area contributed by atoms with E-state index in [0.29, 0.717) is 12.0 Å². The normalized spacial score (nSPS) is 31.0. The van der Waals surface area contributed by atoms with Crippen LogP contribution in [0.4, 0.5) is 23.7 Å². The second kappa shape index (κ2) is 9.86. The number of piperazine rings is 1. The predicted molar refractivity (Wildman–Crippen MR) is 138 cm³/mol. The van der Waals surface area contributed by atoms with E-state index in [1.807, 2.05) is 6.92 Å². The molecule has 5 rings (SSSR count). The number of hydrogen-bond donors (Lipinski definition) is 1. The standard InChI is InChI=1S/C27H36ClF3N4O3/c1-17-14-33(12-10-26(17)8-9-26)11-4-5-20-15-38-25(3)16-34(18(2)23(36)35(20)25)24(37)32-19-6-7-21(22(28)13-19)27(29,30)31/h6-7,13,17-18,20H,4-5,8-12,14-16H2,1-3H3,(H,32,37)/t17-,18+,20+,25?/m1/s1. The Hall–Kier alpha value is -2.04. The highest BCUT2D eigenvalue weighted by molar-refractivity contribution is 6.31. The van der Waals surface area contributed by atoms with Crippen molar-refractivity contribution in [2.75, 3.05) is 38.1 Å². The molecule has 4 fully saturated rings. The number of nitrogens with one attached hydrogen (secondary N) is 1. The molecule has 210 valence electrons. The van der Waals surface area contributed by atoms with E-state index in [4.69, 9.17) is 16.3 Å². The zero-order valence-corrected chi connectivity index (χ0v) is 22.9. The summed E-state index contributed by atoms with van der Waals surface area (Å²) in [4.78, 5) is 32.2. The number of carbonyl (C=O) groups is 2. The van der Waals surface area contributed by atoms with Crippen LogP contribution in [-0.2, 0) is 15.7 Å². The number of likely N-dealkylation sites (tertiary alicyclic amines) is 1. The number of fused-ring (bicyclic) bond motifs is 1. The van der Waals surface area contributed by atoms with Crippen LogP contribution in [0.5, 0.6) is 0 Å². The third-order valence-corrected chi connectivity index (χ3v) is 9.49. The van der Waals surface area contributed by atoms with Gasteiger partial charge in [-0.25, -0.2) is 4.79 Å². The van der Waals surface area contributed by atoms with E-state index in [9.17, 15) is 22.8 Å². The summed E-state index contributed by atoms with van der Waals surface area (Å²) in [6, 6.07) is 1.64. The third-order valence-electron chi connectivity index (χ3n) is 9.18. The smallest absolute Gasteiger partial charge is 0.352 e. The van der Waals surface area contributed by atoms with Crippen LogP contribution in [0.15, 0.2) is 18.2 Å². The van der Waals surface area contributed by atoms with Crippen LogP contribution in [0.3, 0.4) is 0 Å². The molecular weight excluding hydrogens is 521 g/mol. The van der Waals surface area contributed by atoms with E-state index >= 15 is 0 Å². The van der Waals surface area contributed by atoms with Gasteiger partial charge in [-0.2, -0.15) is 13.2 Å². The first-order valence-electron chi connectivity index (χ1n) is 13.5. The highest BCUT2D eigenvalue weighted by Crippen LogP contribution is 2.56. The fraction of sp³-hybridized carbons (Fsp3) is 0.704. The Morgan fingerprint density at radius 3 is 2.61 bits per heavy atom. The molecule has 11 heteroatoms. The summed E-state index contributed by atoms with van der Waals surface area (Å²) in [6.07, 6.45) is 1.26. The van der Waals surface area contributed by atoms with Crippen molar-refractivity contribution in [3.63, 3.8) is 0 Å². The van der Waals surface area contributed by atoms with Crippen molar-refractivity contribution >= 4 is 29.2 Å². The highest BCUT2D eigenvalue weighted by atomic mass is 35.5. The van der Waals surface area contributed by atoms with Crippen molar-refractivity contribution < 1.29 is 27.5 Å². The van der Waals surface area contributed by atoms with Gasteiger partial charge in [-0.1, -0.05) is 18.5 Å². The maximum Gasteiger partial charge on any atom is 0.417 e. The molecule has 1 spiro atoms. The number of urea groups is 1. The zero-order valence-electron chi connectivity index (χ0n) is 22.1. The summed E-state index contributed by atoms with van der Waals surface area (Å²) < 4.78 is 45.1. The molecule has 0 aromatic heterocycles. The minimum Gasteiger partial charge on any atom is -0.352 e. The molecule has 1 N–H and O–H groups in total. The lowest BCUT2D eigenvalue weighted by atomic mass is 9.83. The van der Waals surface area contributed by atoms with Gasteiger partial charge in [0.15, 0.2) is 5.72 Å². The molecule has 38 heavy (non-hydrogen) atoms. The summed E-state index contributed by atoms with van der Waals surface area (Å²) in [6.45, 7) is 9.73. The SMILES string of the molecule is C[C@@H]1CN(CCC[C@H]2COC3(C)CN(C(=O)Nc4ccc(C(F)(F)F)c(Cl)c4)[C@@H](C)C(=O)N23)CCC12CC2. The average Bonchev–Trinajstić information content (AvgIpc) is 3.54. The molecule has 4 atom stereocenters. The number of rotatable bonds is 5. The summed E-state index contributed by atoms with van der Waals surface area (Å²) in [5.74, 6) is 0.554. The largest absolute Gasteiger partial charge is 0.417 e. The Morgan fingerprint density at radius 1 is 1.24 bits per heavy atom. The lowest BCUT2D eigenvalue weighted by Gasteiger charge is -2.47. The number of piperidine rings is 1. The van der Waals surface area contributed by atoms with Crippen LogP contribution in [0, 0.1) is 11.3 Å². The summed E-state index contributed by atoms with van der Waals surface area (Å²) in [5.41, 5.74) is -1.20. The van der Waals surface area contributed by atoms with Crippen molar-refractivity contribution in [3.05, 3.63) is 28.8 Å². The van der Waals surface area contributed by atoms with Gasteiger partial charge in [0.25, 0.3) is 0 Å². The van der Waals surface area contributed by atoms with Gasteiger partial charge in [-0.3, -0.25) is 4.79 Å². The van der Waals surface area contributed by atoms with E-state index < -0.39 is 34.6 Å². The van der Waals surface area contributed by atoms with Gasteiger partial charge in [0.2, 0.25) is 5.91 Å². The van der Waals surface area contributed by atoms with E-state index in [1.165, 1.54) is 24.2 Å². The predicted octanol–water partition coefficient (Wildman–Crippen LogP) is 5.44. The summed E-state index contributed by atoms with van der Waals surface area (Å²) >= 11 is 5.79. The van der Waals surface area contributed by atoms with Gasteiger partial charge in [-0.15, -0.1) is 0 Å². The number of anilines is 1. The lowest BCUT2D eigenvalue weighted by Crippen LogP contribution is -2.67. The van der Waals surface area contributed by atoms with Gasteiger partial charge in [-0.05, 0) is 88.6 Å².